The summed E-state index contributed by atoms with van der Waals surface area (Å²) < 4.78 is 0. The third kappa shape index (κ3) is 6.63. The lowest BCUT2D eigenvalue weighted by Crippen LogP contribution is -2.15. The second-order valence-electron chi connectivity index (χ2n) is 5.89. The van der Waals surface area contributed by atoms with E-state index in [1.807, 2.05) is 62.4 Å². The molecule has 0 aromatic heterocycles. The first-order valence-electron chi connectivity index (χ1n) is 8.35. The van der Waals surface area contributed by atoms with E-state index in [0.29, 0.717) is 12.2 Å². The Bertz CT molecular complexity index is 697. The van der Waals surface area contributed by atoms with Gasteiger partial charge in [-0.25, -0.2) is 0 Å². The fourth-order valence-corrected chi connectivity index (χ4v) is 3.18. The molecule has 0 radical (unpaired) electrons. The molecule has 0 heterocycles. The number of amides is 2. The van der Waals surface area contributed by atoms with Crippen LogP contribution in [0.15, 0.2) is 48.5 Å². The molecule has 0 unspecified atom stereocenters. The van der Waals surface area contributed by atoms with Crippen LogP contribution in [-0.2, 0) is 9.59 Å². The van der Waals surface area contributed by atoms with E-state index in [9.17, 15) is 9.59 Å². The van der Waals surface area contributed by atoms with Crippen LogP contribution >= 0.6 is 11.8 Å². The quantitative estimate of drug-likeness (QED) is 0.690. The van der Waals surface area contributed by atoms with Crippen molar-refractivity contribution < 1.29 is 9.59 Å². The molecule has 0 aliphatic rings. The Hall–Kier alpha value is -2.27. The minimum Gasteiger partial charge on any atom is -0.326 e. The third-order valence-corrected chi connectivity index (χ3v) is 4.77. The Morgan fingerprint density at radius 2 is 1.56 bits per heavy atom. The Morgan fingerprint density at radius 1 is 0.880 bits per heavy atom. The van der Waals surface area contributed by atoms with Gasteiger partial charge in [0.15, 0.2) is 0 Å². The molecule has 0 aliphatic carbocycles. The molecule has 0 saturated carbocycles. The molecule has 25 heavy (non-hydrogen) atoms. The molecular weight excluding hydrogens is 332 g/mol. The number of thioether (sulfide) groups is 1. The van der Waals surface area contributed by atoms with Gasteiger partial charge in [0.05, 0.1) is 5.75 Å². The standard InChI is InChI=1S/C20H24N2O2S/c1-15-8-6-9-16(2)20(15)22-18(23)12-7-13-25-14-19(24)21-17-10-4-3-5-11-17/h3-6,8-11H,7,12-14H2,1-2H3,(H,21,24)(H,22,23). The highest BCUT2D eigenvalue weighted by Gasteiger charge is 2.07. The fraction of sp³-hybridized carbons (Fsp3) is 0.300. The first kappa shape index (κ1) is 19.1. The highest BCUT2D eigenvalue weighted by atomic mass is 32.2. The summed E-state index contributed by atoms with van der Waals surface area (Å²) in [5, 5.41) is 5.83. The summed E-state index contributed by atoms with van der Waals surface area (Å²) in [6, 6.07) is 15.4. The van der Waals surface area contributed by atoms with Crippen molar-refractivity contribution >= 4 is 35.0 Å². The number of para-hydroxylation sites is 2. The molecule has 5 heteroatoms. The summed E-state index contributed by atoms with van der Waals surface area (Å²) in [6.07, 6.45) is 1.21. The van der Waals surface area contributed by atoms with Crippen LogP contribution in [0.2, 0.25) is 0 Å². The topological polar surface area (TPSA) is 58.2 Å². The normalized spacial score (nSPS) is 10.3. The lowest BCUT2D eigenvalue weighted by Gasteiger charge is -2.11. The van der Waals surface area contributed by atoms with Crippen molar-refractivity contribution in [3.05, 3.63) is 59.7 Å². The number of carbonyl (C=O) groups excluding carboxylic acids is 2. The van der Waals surface area contributed by atoms with Gasteiger partial charge in [0.1, 0.15) is 0 Å². The van der Waals surface area contributed by atoms with Crippen molar-refractivity contribution in [1.82, 2.24) is 0 Å². The van der Waals surface area contributed by atoms with Gasteiger partial charge in [-0.15, -0.1) is 0 Å². The summed E-state index contributed by atoms with van der Waals surface area (Å²) in [5.74, 6) is 1.18. The molecule has 2 N–H and O–H groups in total. The minimum atomic E-state index is -0.0174. The van der Waals surface area contributed by atoms with Crippen LogP contribution in [0.3, 0.4) is 0 Å². The van der Waals surface area contributed by atoms with E-state index in [1.54, 1.807) is 11.8 Å². The first-order chi connectivity index (χ1) is 12.1. The maximum atomic E-state index is 12.1. The number of rotatable bonds is 8. The maximum absolute atomic E-state index is 12.1. The molecule has 0 bridgehead atoms. The second-order valence-corrected chi connectivity index (χ2v) is 6.99. The molecule has 2 rings (SSSR count). The zero-order chi connectivity index (χ0) is 18.1. The van der Waals surface area contributed by atoms with Crippen LogP contribution in [0.25, 0.3) is 0 Å². The van der Waals surface area contributed by atoms with Crippen molar-refractivity contribution in [2.75, 3.05) is 22.1 Å². The summed E-state index contributed by atoms with van der Waals surface area (Å²) >= 11 is 1.54. The number of carbonyl (C=O) groups is 2. The Kier molecular flexibility index (Phi) is 7.54. The molecule has 2 amide bonds. The second kappa shape index (κ2) is 9.89. The van der Waals surface area contributed by atoms with Crippen LogP contribution < -0.4 is 10.6 Å². The molecule has 132 valence electrons. The molecule has 2 aromatic rings. The van der Waals surface area contributed by atoms with E-state index in [2.05, 4.69) is 10.6 Å². The van der Waals surface area contributed by atoms with Gasteiger partial charge < -0.3 is 10.6 Å². The molecule has 4 nitrogen and oxygen atoms in total. The lowest BCUT2D eigenvalue weighted by atomic mass is 10.1. The van der Waals surface area contributed by atoms with Crippen LogP contribution in [0.1, 0.15) is 24.0 Å². The summed E-state index contributed by atoms with van der Waals surface area (Å²) in [6.45, 7) is 3.98. The van der Waals surface area contributed by atoms with Crippen molar-refractivity contribution in [3.63, 3.8) is 0 Å². The Morgan fingerprint density at radius 3 is 2.24 bits per heavy atom. The van der Waals surface area contributed by atoms with Crippen molar-refractivity contribution in [2.45, 2.75) is 26.7 Å². The van der Waals surface area contributed by atoms with Gasteiger partial charge in [-0.1, -0.05) is 36.4 Å². The van der Waals surface area contributed by atoms with Crippen molar-refractivity contribution in [1.29, 1.82) is 0 Å². The molecule has 0 aliphatic heterocycles. The van der Waals surface area contributed by atoms with E-state index in [-0.39, 0.29) is 11.8 Å². The number of benzene rings is 2. The van der Waals surface area contributed by atoms with E-state index in [1.165, 1.54) is 0 Å². The molecular formula is C20H24N2O2S. The molecule has 2 aromatic carbocycles. The van der Waals surface area contributed by atoms with Gasteiger partial charge in [-0.05, 0) is 49.3 Å². The predicted octanol–water partition coefficient (Wildman–Crippen LogP) is 4.39. The summed E-state index contributed by atoms with van der Waals surface area (Å²) in [7, 11) is 0. The zero-order valence-electron chi connectivity index (χ0n) is 14.7. The average molecular weight is 356 g/mol. The average Bonchev–Trinajstić information content (AvgIpc) is 2.59. The Balaban J connectivity index is 1.62. The Labute approximate surface area is 153 Å². The van der Waals surface area contributed by atoms with Crippen LogP contribution in [-0.4, -0.2) is 23.3 Å². The zero-order valence-corrected chi connectivity index (χ0v) is 15.5. The molecule has 0 spiro atoms. The van der Waals surface area contributed by atoms with E-state index >= 15 is 0 Å². The maximum Gasteiger partial charge on any atom is 0.234 e. The van der Waals surface area contributed by atoms with Gasteiger partial charge in [0.2, 0.25) is 11.8 Å². The highest BCUT2D eigenvalue weighted by Crippen LogP contribution is 2.19. The summed E-state index contributed by atoms with van der Waals surface area (Å²) in [5.41, 5.74) is 3.85. The van der Waals surface area contributed by atoms with Crippen LogP contribution in [0.5, 0.6) is 0 Å². The van der Waals surface area contributed by atoms with Gasteiger partial charge in [0, 0.05) is 17.8 Å². The predicted molar refractivity (Wildman–Crippen MR) is 106 cm³/mol. The first-order valence-corrected chi connectivity index (χ1v) is 9.50. The largest absolute Gasteiger partial charge is 0.326 e. The van der Waals surface area contributed by atoms with Gasteiger partial charge in [-0.2, -0.15) is 11.8 Å². The number of nitrogens with one attached hydrogen (secondary N) is 2. The minimum absolute atomic E-state index is 0.0174. The van der Waals surface area contributed by atoms with Gasteiger partial charge >= 0.3 is 0 Å². The van der Waals surface area contributed by atoms with Crippen molar-refractivity contribution in [3.8, 4) is 0 Å². The smallest absolute Gasteiger partial charge is 0.234 e. The SMILES string of the molecule is Cc1cccc(C)c1NC(=O)CCCSCC(=O)Nc1ccccc1. The number of hydrogen-bond acceptors (Lipinski definition) is 3. The molecule has 0 saturated heterocycles. The van der Waals surface area contributed by atoms with Gasteiger partial charge in [-0.3, -0.25) is 9.59 Å². The van der Waals surface area contributed by atoms with E-state index in [4.69, 9.17) is 0 Å². The van der Waals surface area contributed by atoms with E-state index < -0.39 is 0 Å². The summed E-state index contributed by atoms with van der Waals surface area (Å²) in [4.78, 5) is 23.9. The van der Waals surface area contributed by atoms with Crippen LogP contribution in [0, 0.1) is 13.8 Å². The lowest BCUT2D eigenvalue weighted by molar-refractivity contribution is -0.116. The number of anilines is 2. The van der Waals surface area contributed by atoms with Crippen molar-refractivity contribution in [2.24, 2.45) is 0 Å². The number of aryl methyl sites for hydroxylation is 2. The highest BCUT2D eigenvalue weighted by molar-refractivity contribution is 7.99. The number of hydrogen-bond donors (Lipinski definition) is 2. The monoisotopic (exact) mass is 356 g/mol. The van der Waals surface area contributed by atoms with Gasteiger partial charge in [0.25, 0.3) is 0 Å². The van der Waals surface area contributed by atoms with Crippen LogP contribution in [0.4, 0.5) is 11.4 Å². The van der Waals surface area contributed by atoms with E-state index in [0.717, 1.165) is 34.7 Å². The third-order valence-electron chi connectivity index (χ3n) is 3.73. The fourth-order valence-electron chi connectivity index (χ4n) is 2.43. The molecule has 0 fully saturated rings. The molecule has 0 atom stereocenters.